The third-order valence-electron chi connectivity index (χ3n) is 24.7. The predicted molar refractivity (Wildman–Crippen MR) is 535 cm³/mol. The smallest absolute Gasteiger partial charge is 0.333 e. The Morgan fingerprint density at radius 2 is 0.457 bits per heavy atom. The second kappa shape index (κ2) is 42.4. The Hall–Kier alpha value is -17.1. The van der Waals surface area contributed by atoms with Crippen LogP contribution in [0.2, 0.25) is 0 Å². The van der Waals surface area contributed by atoms with Crippen LogP contribution < -0.4 is 18.9 Å². The lowest BCUT2D eigenvalue weighted by atomic mass is 9.80. The molecular formula is C118H100N4O18. The Kier molecular flexibility index (Phi) is 28.7. The quantitative estimate of drug-likeness (QED) is 0.00863. The summed E-state index contributed by atoms with van der Waals surface area (Å²) in [4.78, 5) is 160. The Morgan fingerprint density at radius 3 is 0.657 bits per heavy atom. The molecule has 2 heterocycles. The van der Waals surface area contributed by atoms with Crippen LogP contribution in [0.15, 0.2) is 352 Å². The summed E-state index contributed by atoms with van der Waals surface area (Å²) in [6.45, 7) is 21.5. The number of benzene rings is 15. The number of rotatable bonds is 40. The summed E-state index contributed by atoms with van der Waals surface area (Å²) in [5, 5.41) is 0.884. The van der Waals surface area contributed by atoms with Crippen LogP contribution in [-0.4, -0.2) is 117 Å². The molecule has 0 saturated heterocycles. The van der Waals surface area contributed by atoms with Gasteiger partial charge in [-0.15, -0.1) is 0 Å². The van der Waals surface area contributed by atoms with Crippen molar-refractivity contribution in [1.29, 1.82) is 0 Å². The standard InChI is InChI=1S/C118H100N4O18/c1-73(2)115(129)133-59-55-77-39-47-87(48-40-77)137-97-65-91-101-92(110(124)121(109(91)123)95(63-81-27-15-9-16-28-81)113(127)119(69-83-31-19-11-20-32-83)70-84-33-21-12-22-34-84)67-99(139-89-51-43-79(44-52-89)57-61-135-117(131)75(5)6)105-106-100(140-90-53-45-80(46-54-90)58-62-136-118(132)76(7)8)68-94-102-93(66-98(104(108(102)106)103(97)107(101)105)138-88-49-41-78(42-50-88)56-60-134-116(130)74(3)4)111(125)122(112(94)126)96(64-82-29-17-10-18-30-82)114(128)120(71-85-35-23-13-24-36-85)72-86-37-25-14-26-38-86/h9-54,65-68,95-96H,1,3,5,7,55-64,69-72H2,2,4,6,8H3. The lowest BCUT2D eigenvalue weighted by Gasteiger charge is -2.38. The van der Waals surface area contributed by atoms with Crippen molar-refractivity contribution in [2.24, 2.45) is 0 Å². The molecule has 0 N–H and O–H groups in total. The predicted octanol–water partition coefficient (Wildman–Crippen LogP) is 22.4. The van der Waals surface area contributed by atoms with Gasteiger partial charge in [-0.25, -0.2) is 19.2 Å². The first-order valence-electron chi connectivity index (χ1n) is 46.2. The number of carbonyl (C=O) groups excluding carboxylic acids is 10. The van der Waals surface area contributed by atoms with Crippen molar-refractivity contribution in [2.75, 3.05) is 26.4 Å². The number of carbonyl (C=O) groups is 10. The molecule has 700 valence electrons. The number of ether oxygens (including phenoxy) is 8. The molecule has 0 aliphatic carbocycles. The Labute approximate surface area is 809 Å². The van der Waals surface area contributed by atoms with Gasteiger partial charge < -0.3 is 47.7 Å². The van der Waals surface area contributed by atoms with Gasteiger partial charge in [-0.1, -0.05) is 257 Å². The fourth-order valence-electron chi connectivity index (χ4n) is 17.7. The second-order valence-electron chi connectivity index (χ2n) is 35.0. The van der Waals surface area contributed by atoms with Crippen molar-refractivity contribution in [1.82, 2.24) is 19.6 Å². The minimum atomic E-state index is -1.57. The summed E-state index contributed by atoms with van der Waals surface area (Å²) in [5.74, 6) is -6.49. The Balaban J connectivity index is 0.974. The molecule has 2 aliphatic rings. The first-order chi connectivity index (χ1) is 67.9. The summed E-state index contributed by atoms with van der Waals surface area (Å²) in [7, 11) is 0. The van der Waals surface area contributed by atoms with E-state index in [-0.39, 0.29) is 225 Å². The van der Waals surface area contributed by atoms with Crippen LogP contribution >= 0.6 is 0 Å². The van der Waals surface area contributed by atoms with Gasteiger partial charge in [-0.3, -0.25) is 38.6 Å². The van der Waals surface area contributed by atoms with Gasteiger partial charge in [0.05, 0.1) is 48.7 Å². The SMILES string of the molecule is C=C(C)C(=O)OCCc1ccc(Oc2cc3c4c(cc(Oc5ccc(CCOC(=O)C(=C)C)cc5)c5c6c(Oc7ccc(CCOC(=O)C(=C)C)cc7)cc7c8c(cc(Oc9ccc(CCOC(=O)C(=C)C)cc9)c(c2c45)c86)C(=O)N(C(Cc2ccccc2)C(=O)N(Cc2ccccc2)Cc2ccccc2)C7=O)C(=O)N(C(Cc2ccccc2)C(=O)N(Cc2ccccc2)Cc2ccccc2)C3=O)cc1. The van der Waals surface area contributed by atoms with Crippen LogP contribution in [-0.2, 0) is 112 Å². The molecule has 6 amide bonds. The van der Waals surface area contributed by atoms with Gasteiger partial charge in [0.15, 0.2) is 0 Å². The molecule has 0 spiro atoms. The van der Waals surface area contributed by atoms with Crippen molar-refractivity contribution in [3.05, 3.63) is 430 Å². The highest BCUT2D eigenvalue weighted by Gasteiger charge is 2.48. The van der Waals surface area contributed by atoms with E-state index in [4.69, 9.17) is 37.9 Å². The maximum absolute atomic E-state index is 17.4. The molecule has 0 bridgehead atoms. The molecule has 0 aromatic heterocycles. The van der Waals surface area contributed by atoms with Crippen LogP contribution in [0.25, 0.3) is 43.1 Å². The van der Waals surface area contributed by atoms with E-state index in [1.165, 1.54) is 24.3 Å². The highest BCUT2D eigenvalue weighted by molar-refractivity contribution is 6.45. The van der Waals surface area contributed by atoms with Gasteiger partial charge in [0, 0.05) is 130 Å². The maximum Gasteiger partial charge on any atom is 0.333 e. The monoisotopic (exact) mass is 1860 g/mol. The van der Waals surface area contributed by atoms with Crippen LogP contribution in [0.3, 0.4) is 0 Å². The van der Waals surface area contributed by atoms with Crippen molar-refractivity contribution >= 4 is 102 Å². The van der Waals surface area contributed by atoms with E-state index in [1.54, 1.807) is 135 Å². The summed E-state index contributed by atoms with van der Waals surface area (Å²) < 4.78 is 52.3. The average molecular weight is 1860 g/mol. The van der Waals surface area contributed by atoms with E-state index in [9.17, 15) is 19.2 Å². The number of esters is 4. The molecule has 2 unspecified atom stereocenters. The van der Waals surface area contributed by atoms with Gasteiger partial charge in [-0.05, 0) is 156 Å². The molecule has 0 saturated carbocycles. The Bertz CT molecular complexity index is 6520. The average Bonchev–Trinajstić information content (AvgIpc) is 0.668. The second-order valence-corrected chi connectivity index (χ2v) is 35.0. The third kappa shape index (κ3) is 21.1. The van der Waals surface area contributed by atoms with Crippen molar-refractivity contribution in [3.63, 3.8) is 0 Å². The molecule has 140 heavy (non-hydrogen) atoms. The summed E-state index contributed by atoms with van der Waals surface area (Å²) >= 11 is 0. The molecule has 0 fully saturated rings. The number of hydrogen-bond donors (Lipinski definition) is 0. The van der Waals surface area contributed by atoms with E-state index >= 15 is 28.8 Å². The first-order valence-corrected chi connectivity index (χ1v) is 46.2. The molecule has 0 radical (unpaired) electrons. The van der Waals surface area contributed by atoms with E-state index in [0.29, 0.717) is 11.1 Å². The van der Waals surface area contributed by atoms with E-state index in [1.807, 2.05) is 182 Å². The molecule has 22 nitrogen and oxygen atoms in total. The van der Waals surface area contributed by atoms with Gasteiger partial charge in [-0.2, -0.15) is 0 Å². The van der Waals surface area contributed by atoms with Gasteiger partial charge in [0.25, 0.3) is 23.6 Å². The molecule has 17 rings (SSSR count). The lowest BCUT2D eigenvalue weighted by Crippen LogP contribution is -2.55. The van der Waals surface area contributed by atoms with E-state index < -0.39 is 71.4 Å². The summed E-state index contributed by atoms with van der Waals surface area (Å²) in [6.07, 6.45) is 0.751. The number of amides is 6. The molecule has 22 heteroatoms. The normalized spacial score (nSPS) is 12.5. The lowest BCUT2D eigenvalue weighted by molar-refractivity contribution is -0.139. The highest BCUT2D eigenvalue weighted by atomic mass is 16.5. The van der Waals surface area contributed by atoms with Crippen LogP contribution in [0, 0.1) is 0 Å². The topological polar surface area (TPSA) is 258 Å². The molecule has 2 aliphatic heterocycles. The fraction of sp³-hybridized carbons (Fsp3) is 0.169. The largest absolute Gasteiger partial charge is 0.462 e. The van der Waals surface area contributed by atoms with Gasteiger partial charge in [0.1, 0.15) is 58.1 Å². The van der Waals surface area contributed by atoms with Crippen LogP contribution in [0.5, 0.6) is 46.0 Å². The van der Waals surface area contributed by atoms with E-state index in [2.05, 4.69) is 26.3 Å². The van der Waals surface area contributed by atoms with E-state index in [0.717, 1.165) is 54.3 Å². The van der Waals surface area contributed by atoms with Crippen LogP contribution in [0.1, 0.15) is 125 Å². The number of hydrogen-bond acceptors (Lipinski definition) is 18. The van der Waals surface area contributed by atoms with Crippen molar-refractivity contribution in [3.8, 4) is 46.0 Å². The first kappa shape index (κ1) is 94.6. The minimum Gasteiger partial charge on any atom is -0.462 e. The zero-order chi connectivity index (χ0) is 97.8. The number of nitrogens with zero attached hydrogens (tertiary/aromatic N) is 4. The summed E-state index contributed by atoms with van der Waals surface area (Å²) in [5.41, 5.74) is 7.66. The zero-order valence-corrected chi connectivity index (χ0v) is 77.9. The minimum absolute atomic E-state index is 0.00135. The van der Waals surface area contributed by atoms with Crippen LogP contribution in [0.4, 0.5) is 0 Å². The molecule has 15 aromatic carbocycles. The van der Waals surface area contributed by atoms with Crippen molar-refractivity contribution < 1.29 is 85.8 Å². The Morgan fingerprint density at radius 1 is 0.257 bits per heavy atom. The van der Waals surface area contributed by atoms with Gasteiger partial charge in [0.2, 0.25) is 11.8 Å². The fourth-order valence-corrected chi connectivity index (χ4v) is 17.7. The third-order valence-corrected chi connectivity index (χ3v) is 24.7. The maximum atomic E-state index is 17.4. The highest BCUT2D eigenvalue weighted by Crippen LogP contribution is 2.59. The van der Waals surface area contributed by atoms with Gasteiger partial charge >= 0.3 is 23.9 Å². The summed E-state index contributed by atoms with van der Waals surface area (Å²) in [6, 6.07) is 86.9. The molecule has 2 atom stereocenters. The zero-order valence-electron chi connectivity index (χ0n) is 77.9. The number of imide groups is 2. The molecule has 15 aromatic rings. The number of fused-ring (bicyclic) bond motifs is 2. The molecular weight excluding hydrogens is 1760 g/mol. The van der Waals surface area contributed by atoms with Crippen molar-refractivity contribution in [2.45, 2.75) is 104 Å².